The molecule has 0 aliphatic carbocycles. The van der Waals surface area contributed by atoms with Crippen LogP contribution in [0.25, 0.3) is 0 Å². The maximum atomic E-state index is 13.6. The summed E-state index contributed by atoms with van der Waals surface area (Å²) in [6, 6.07) is -0.712. The summed E-state index contributed by atoms with van der Waals surface area (Å²) in [6.45, 7) is 1.02. The molecule has 1 aromatic carbocycles. The topological polar surface area (TPSA) is 52.3 Å². The first-order valence-corrected chi connectivity index (χ1v) is 5.96. The number of hydrogen-bond acceptors (Lipinski definition) is 3. The lowest BCUT2D eigenvalue weighted by Crippen LogP contribution is -2.42. The van der Waals surface area contributed by atoms with Gasteiger partial charge in [0.15, 0.2) is 0 Å². The number of nitrogens with two attached hydrogens (primary N) is 1. The Morgan fingerprint density at radius 3 is 2.58 bits per heavy atom. The smallest absolute Gasteiger partial charge is 0.379 e. The quantitative estimate of drug-likeness (QED) is 0.519. The van der Waals surface area contributed by atoms with Crippen molar-refractivity contribution in [3.63, 3.8) is 0 Å². The summed E-state index contributed by atoms with van der Waals surface area (Å²) in [7, 11) is 0. The predicted molar refractivity (Wildman–Crippen MR) is 62.6 cm³/mol. The van der Waals surface area contributed by atoms with Gasteiger partial charge in [-0.05, 0) is 35.0 Å². The zero-order valence-corrected chi connectivity index (χ0v) is 11.3. The average molecular weight is 344 g/mol. The van der Waals surface area contributed by atoms with Gasteiger partial charge in [0.25, 0.3) is 0 Å². The van der Waals surface area contributed by atoms with E-state index in [9.17, 15) is 22.4 Å². The molecule has 0 heterocycles. The molecule has 1 rings (SSSR count). The molecular weight excluding hydrogens is 334 g/mol. The van der Waals surface area contributed by atoms with Crippen LogP contribution in [0.1, 0.15) is 18.5 Å². The van der Waals surface area contributed by atoms with Crippen molar-refractivity contribution in [1.82, 2.24) is 0 Å². The molecule has 19 heavy (non-hydrogen) atoms. The van der Waals surface area contributed by atoms with Crippen LogP contribution in [-0.4, -0.2) is 18.5 Å². The van der Waals surface area contributed by atoms with Crippen LogP contribution in [0, 0.1) is 11.6 Å². The van der Waals surface area contributed by atoms with E-state index in [1.165, 1.54) is 6.92 Å². The van der Waals surface area contributed by atoms with Crippen LogP contribution >= 0.6 is 15.9 Å². The number of esters is 1. The predicted octanol–water partition coefficient (Wildman–Crippen LogP) is 2.93. The summed E-state index contributed by atoms with van der Waals surface area (Å²) in [5.74, 6) is -8.71. The molecule has 0 fully saturated rings. The molecule has 0 aliphatic heterocycles. The second kappa shape index (κ2) is 5.87. The molecule has 0 aromatic heterocycles. The Morgan fingerprint density at radius 1 is 1.47 bits per heavy atom. The van der Waals surface area contributed by atoms with Gasteiger partial charge in [0.05, 0.1) is 11.1 Å². The first kappa shape index (κ1) is 15.9. The van der Waals surface area contributed by atoms with Gasteiger partial charge >= 0.3 is 11.9 Å². The van der Waals surface area contributed by atoms with Gasteiger partial charge < -0.3 is 10.5 Å². The summed E-state index contributed by atoms with van der Waals surface area (Å²) >= 11 is 2.72. The average Bonchev–Trinajstić information content (AvgIpc) is 2.34. The van der Waals surface area contributed by atoms with Crippen LogP contribution in [0.5, 0.6) is 0 Å². The molecule has 0 radical (unpaired) electrons. The molecule has 3 nitrogen and oxygen atoms in total. The molecule has 2 N–H and O–H groups in total. The second-order valence-corrected chi connectivity index (χ2v) is 4.43. The van der Waals surface area contributed by atoms with Crippen LogP contribution in [0.4, 0.5) is 17.6 Å². The Kier molecular flexibility index (Phi) is 4.92. The zero-order chi connectivity index (χ0) is 14.8. The van der Waals surface area contributed by atoms with Gasteiger partial charge in [0.2, 0.25) is 0 Å². The molecule has 1 aromatic rings. The van der Waals surface area contributed by atoms with E-state index < -0.39 is 35.1 Å². The van der Waals surface area contributed by atoms with E-state index in [2.05, 4.69) is 20.7 Å². The second-order valence-electron chi connectivity index (χ2n) is 3.58. The van der Waals surface area contributed by atoms with Gasteiger partial charge in [-0.25, -0.2) is 13.6 Å². The van der Waals surface area contributed by atoms with Crippen LogP contribution in [-0.2, 0) is 9.53 Å². The van der Waals surface area contributed by atoms with E-state index in [0.717, 1.165) is 12.1 Å². The Bertz CT molecular complexity index is 496. The fraction of sp³-hybridized carbons (Fsp3) is 0.364. The van der Waals surface area contributed by atoms with E-state index in [-0.39, 0.29) is 11.1 Å². The summed E-state index contributed by atoms with van der Waals surface area (Å²) in [4.78, 5) is 11.1. The Balaban J connectivity index is 3.23. The van der Waals surface area contributed by atoms with Crippen molar-refractivity contribution < 1.29 is 27.1 Å². The number of ether oxygens (including phenoxy) is 1. The molecule has 0 amide bonds. The number of benzene rings is 1. The van der Waals surface area contributed by atoms with Gasteiger partial charge in [-0.2, -0.15) is 8.78 Å². The van der Waals surface area contributed by atoms with Gasteiger partial charge in [-0.3, -0.25) is 0 Å². The zero-order valence-electron chi connectivity index (χ0n) is 9.72. The third kappa shape index (κ3) is 3.06. The maximum absolute atomic E-state index is 13.6. The lowest BCUT2D eigenvalue weighted by Gasteiger charge is -2.22. The van der Waals surface area contributed by atoms with Gasteiger partial charge in [0, 0.05) is 5.56 Å². The number of hydrogen-bond donors (Lipinski definition) is 1. The van der Waals surface area contributed by atoms with Crippen molar-refractivity contribution in [2.24, 2.45) is 5.73 Å². The van der Waals surface area contributed by atoms with Crippen molar-refractivity contribution >= 4 is 21.9 Å². The van der Waals surface area contributed by atoms with E-state index >= 15 is 0 Å². The monoisotopic (exact) mass is 343 g/mol. The fourth-order valence-electron chi connectivity index (χ4n) is 1.36. The van der Waals surface area contributed by atoms with Gasteiger partial charge in [0.1, 0.15) is 17.7 Å². The summed E-state index contributed by atoms with van der Waals surface area (Å²) in [5.41, 5.74) is 4.05. The normalized spacial score (nSPS) is 13.2. The molecule has 0 saturated carbocycles. The molecule has 1 atom stereocenters. The largest absolute Gasteiger partial charge is 0.462 e. The highest BCUT2D eigenvalue weighted by molar-refractivity contribution is 9.10. The maximum Gasteiger partial charge on any atom is 0.379 e. The first-order valence-electron chi connectivity index (χ1n) is 5.17. The number of alkyl halides is 2. The van der Waals surface area contributed by atoms with Crippen LogP contribution in [0.3, 0.4) is 0 Å². The highest BCUT2D eigenvalue weighted by Crippen LogP contribution is 2.35. The third-order valence-corrected chi connectivity index (χ3v) is 2.94. The van der Waals surface area contributed by atoms with Crippen molar-refractivity contribution in [2.45, 2.75) is 18.9 Å². The Labute approximate surface area is 114 Å². The number of carbonyl (C=O) groups is 1. The van der Waals surface area contributed by atoms with E-state index in [1.807, 2.05) is 0 Å². The van der Waals surface area contributed by atoms with Crippen molar-refractivity contribution in [2.75, 3.05) is 6.61 Å². The van der Waals surface area contributed by atoms with E-state index in [0.29, 0.717) is 0 Å². The third-order valence-electron chi connectivity index (χ3n) is 2.33. The fourth-order valence-corrected chi connectivity index (χ4v) is 1.71. The molecule has 0 spiro atoms. The summed E-state index contributed by atoms with van der Waals surface area (Å²) in [5, 5.41) is 0. The minimum Gasteiger partial charge on any atom is -0.462 e. The molecule has 0 bridgehead atoms. The minimum atomic E-state index is -4.24. The first-order chi connectivity index (χ1) is 8.73. The lowest BCUT2D eigenvalue weighted by molar-refractivity contribution is -0.175. The molecule has 0 unspecified atom stereocenters. The molecule has 0 aliphatic rings. The standard InChI is InChI=1S/C11H10BrF4NO2/c1-2-19-10(18)11(15,16)9(17)7-6(13)4-3-5(12)8(7)14/h3-4,9H,2,17H2,1H3/t9-/m1/s1. The highest BCUT2D eigenvalue weighted by atomic mass is 79.9. The van der Waals surface area contributed by atoms with E-state index in [1.54, 1.807) is 0 Å². The van der Waals surface area contributed by atoms with Crippen molar-refractivity contribution in [1.29, 1.82) is 0 Å². The lowest BCUT2D eigenvalue weighted by atomic mass is 10.00. The number of halogens is 5. The van der Waals surface area contributed by atoms with E-state index in [4.69, 9.17) is 5.73 Å². The van der Waals surface area contributed by atoms with Crippen molar-refractivity contribution in [3.8, 4) is 0 Å². The SMILES string of the molecule is CCOC(=O)C(F)(F)[C@H](N)c1c(F)ccc(Br)c1F. The molecule has 8 heteroatoms. The minimum absolute atomic E-state index is 0.237. The molecule has 0 saturated heterocycles. The molecular formula is C11H10BrF4NO2. The number of rotatable bonds is 4. The van der Waals surface area contributed by atoms with Crippen LogP contribution in [0.2, 0.25) is 0 Å². The summed E-state index contributed by atoms with van der Waals surface area (Å²) in [6.07, 6.45) is 0. The summed E-state index contributed by atoms with van der Waals surface area (Å²) < 4.78 is 58.2. The van der Waals surface area contributed by atoms with Crippen LogP contribution in [0.15, 0.2) is 16.6 Å². The van der Waals surface area contributed by atoms with Gasteiger partial charge in [-0.1, -0.05) is 0 Å². The molecule has 106 valence electrons. The Morgan fingerprint density at radius 2 is 2.05 bits per heavy atom. The van der Waals surface area contributed by atoms with Gasteiger partial charge in [-0.15, -0.1) is 0 Å². The number of carbonyl (C=O) groups excluding carboxylic acids is 1. The van der Waals surface area contributed by atoms with Crippen LogP contribution < -0.4 is 5.73 Å². The van der Waals surface area contributed by atoms with Crippen molar-refractivity contribution in [3.05, 3.63) is 33.8 Å². The highest BCUT2D eigenvalue weighted by Gasteiger charge is 2.49. The Hall–Kier alpha value is -1.15.